The molecule has 2 aromatic heterocycles. The molecule has 0 unspecified atom stereocenters. The summed E-state index contributed by atoms with van der Waals surface area (Å²) in [7, 11) is -4.16. The monoisotopic (exact) mass is 433 g/mol. The molecule has 8 nitrogen and oxygen atoms in total. The lowest BCUT2D eigenvalue weighted by molar-refractivity contribution is -0.129. The van der Waals surface area contributed by atoms with Crippen LogP contribution in [0.3, 0.4) is 0 Å². The first-order valence-corrected chi connectivity index (χ1v) is 11.1. The second kappa shape index (κ2) is 7.62. The fraction of sp³-hybridized carbons (Fsp3) is 0.211. The van der Waals surface area contributed by atoms with Gasteiger partial charge in [-0.3, -0.25) is 4.98 Å². The lowest BCUT2D eigenvalue weighted by Gasteiger charge is -2.19. The largest absolute Gasteiger partial charge is 0.591 e. The van der Waals surface area contributed by atoms with Gasteiger partial charge in [0, 0.05) is 17.8 Å². The van der Waals surface area contributed by atoms with Crippen molar-refractivity contribution in [3.63, 3.8) is 0 Å². The fourth-order valence-electron chi connectivity index (χ4n) is 2.57. The van der Waals surface area contributed by atoms with E-state index >= 15 is 0 Å². The second-order valence-corrected chi connectivity index (χ2v) is 10.8. The predicted octanol–water partition coefficient (Wildman–Crippen LogP) is 2.61. The van der Waals surface area contributed by atoms with Gasteiger partial charge in [0.1, 0.15) is 16.1 Å². The number of carboxylic acids is 1. The Balaban J connectivity index is 2.36. The number of fused-ring (bicyclic) bond motifs is 1. The molecule has 0 bridgehead atoms. The van der Waals surface area contributed by atoms with Gasteiger partial charge in [0.25, 0.3) is 10.0 Å². The Morgan fingerprint density at radius 1 is 1.21 bits per heavy atom. The molecule has 1 atom stereocenters. The average Bonchev–Trinajstić information content (AvgIpc) is 3.05. The number of carboxylic acid groups (broad SMARTS) is 1. The first kappa shape index (κ1) is 21.0. The number of benzene rings is 1. The lowest BCUT2D eigenvalue weighted by Crippen LogP contribution is -2.30. The molecule has 10 heteroatoms. The van der Waals surface area contributed by atoms with Gasteiger partial charge in [-0.05, 0) is 45.0 Å². The van der Waals surface area contributed by atoms with Crippen LogP contribution in [0.2, 0.25) is 0 Å². The van der Waals surface area contributed by atoms with E-state index in [0.29, 0.717) is 5.39 Å². The lowest BCUT2D eigenvalue weighted by atomic mass is 10.2. The zero-order valence-electron chi connectivity index (χ0n) is 15.9. The third-order valence-corrected chi connectivity index (χ3v) is 7.12. The van der Waals surface area contributed by atoms with Crippen LogP contribution in [-0.2, 0) is 26.2 Å². The Kier molecular flexibility index (Phi) is 5.52. The molecule has 0 saturated carbocycles. The standard InChI is InChI=1S/C19H19N3O5S2/c1-19(2,3)28(25)21-17(18(23)24)16-11-13-12-20-10-9-15(13)22(16)29(26,27)14-7-5-4-6-8-14/h4-12H,1-3H3,(H,23,24)/t28-/m1/s1. The number of aromatic nitrogens is 2. The van der Waals surface area contributed by atoms with Crippen LogP contribution in [-0.4, -0.2) is 43.5 Å². The first-order chi connectivity index (χ1) is 13.5. The first-order valence-electron chi connectivity index (χ1n) is 8.54. The van der Waals surface area contributed by atoms with Crippen LogP contribution in [0.25, 0.3) is 10.9 Å². The minimum Gasteiger partial charge on any atom is -0.591 e. The SMILES string of the molecule is CC(C)(C)[S@@+]([O-])N=C(C(=O)O)c1cc2cnccc2n1S(=O)(=O)c1ccccc1. The van der Waals surface area contributed by atoms with E-state index in [0.717, 1.165) is 3.97 Å². The summed E-state index contributed by atoms with van der Waals surface area (Å²) in [5.41, 5.74) is -0.551. The molecule has 29 heavy (non-hydrogen) atoms. The maximum atomic E-state index is 13.4. The van der Waals surface area contributed by atoms with Gasteiger partial charge in [-0.15, -0.1) is 0 Å². The van der Waals surface area contributed by atoms with Crippen LogP contribution in [0.1, 0.15) is 26.5 Å². The van der Waals surface area contributed by atoms with Crippen molar-refractivity contribution in [1.82, 2.24) is 8.96 Å². The maximum absolute atomic E-state index is 13.4. The minimum absolute atomic E-state index is 0.0164. The van der Waals surface area contributed by atoms with Crippen LogP contribution < -0.4 is 0 Å². The Bertz CT molecular complexity index is 1200. The van der Waals surface area contributed by atoms with E-state index in [-0.39, 0.29) is 16.1 Å². The van der Waals surface area contributed by atoms with Crippen molar-refractivity contribution in [2.75, 3.05) is 0 Å². The van der Waals surface area contributed by atoms with Gasteiger partial charge in [0.15, 0.2) is 0 Å². The number of hydrogen-bond acceptors (Lipinski definition) is 6. The van der Waals surface area contributed by atoms with Crippen LogP contribution in [0.5, 0.6) is 0 Å². The van der Waals surface area contributed by atoms with Gasteiger partial charge in [-0.1, -0.05) is 22.6 Å². The van der Waals surface area contributed by atoms with Crippen molar-refractivity contribution >= 4 is 44.0 Å². The molecule has 0 fully saturated rings. The van der Waals surface area contributed by atoms with E-state index in [2.05, 4.69) is 9.38 Å². The molecule has 0 spiro atoms. The van der Waals surface area contributed by atoms with E-state index in [1.807, 2.05) is 0 Å². The Morgan fingerprint density at radius 2 is 1.86 bits per heavy atom. The quantitative estimate of drug-likeness (QED) is 0.487. The highest BCUT2D eigenvalue weighted by Crippen LogP contribution is 2.27. The summed E-state index contributed by atoms with van der Waals surface area (Å²) in [5.74, 6) is -1.48. The molecule has 0 saturated heterocycles. The van der Waals surface area contributed by atoms with Crippen LogP contribution in [0, 0.1) is 0 Å². The summed E-state index contributed by atoms with van der Waals surface area (Å²) in [6.45, 7) is 4.94. The molecule has 3 aromatic rings. The highest BCUT2D eigenvalue weighted by molar-refractivity contribution is 7.91. The molecule has 2 heterocycles. The number of nitrogens with zero attached hydrogens (tertiary/aromatic N) is 3. The average molecular weight is 434 g/mol. The van der Waals surface area contributed by atoms with E-state index in [9.17, 15) is 22.9 Å². The number of hydrogen-bond donors (Lipinski definition) is 1. The van der Waals surface area contributed by atoms with Gasteiger partial charge in [0.05, 0.1) is 16.1 Å². The Labute approximate surface area is 171 Å². The third kappa shape index (κ3) is 4.04. The molecule has 1 N–H and O–H groups in total. The molecular weight excluding hydrogens is 414 g/mol. The highest BCUT2D eigenvalue weighted by Gasteiger charge is 2.33. The van der Waals surface area contributed by atoms with Crippen LogP contribution >= 0.6 is 0 Å². The van der Waals surface area contributed by atoms with Gasteiger partial charge in [-0.25, -0.2) is 17.2 Å². The molecule has 0 aliphatic carbocycles. The second-order valence-electron chi connectivity index (χ2n) is 7.15. The topological polar surface area (TPSA) is 125 Å². The number of aliphatic carboxylic acids is 1. The summed E-state index contributed by atoms with van der Waals surface area (Å²) < 4.78 is 43.2. The molecule has 0 aliphatic rings. The van der Waals surface area contributed by atoms with Crippen molar-refractivity contribution in [1.29, 1.82) is 0 Å². The van der Waals surface area contributed by atoms with E-state index in [4.69, 9.17) is 0 Å². The van der Waals surface area contributed by atoms with Crippen LogP contribution in [0.15, 0.2) is 64.2 Å². The third-order valence-electron chi connectivity index (χ3n) is 3.98. The van der Waals surface area contributed by atoms with Gasteiger partial charge in [-0.2, -0.15) is 0 Å². The van der Waals surface area contributed by atoms with Gasteiger partial charge in [0.2, 0.25) is 5.71 Å². The van der Waals surface area contributed by atoms with Gasteiger partial charge >= 0.3 is 5.97 Å². The van der Waals surface area contributed by atoms with Crippen molar-refractivity contribution < 1.29 is 22.9 Å². The number of pyridine rings is 1. The number of rotatable bonds is 5. The van der Waals surface area contributed by atoms with Crippen molar-refractivity contribution in [2.45, 2.75) is 30.4 Å². The molecule has 1 aromatic carbocycles. The summed E-state index contributed by atoms with van der Waals surface area (Å²) in [6.07, 6.45) is 2.84. The molecule has 152 valence electrons. The summed E-state index contributed by atoms with van der Waals surface area (Å²) in [4.78, 5) is 15.9. The highest BCUT2D eigenvalue weighted by atomic mass is 32.2. The van der Waals surface area contributed by atoms with Gasteiger partial charge < -0.3 is 9.66 Å². The molecular formula is C19H19N3O5S2. The number of carbonyl (C=O) groups is 1. The van der Waals surface area contributed by atoms with E-state index in [1.165, 1.54) is 36.7 Å². The summed E-state index contributed by atoms with van der Waals surface area (Å²) >= 11 is -1.91. The summed E-state index contributed by atoms with van der Waals surface area (Å²) in [5, 5.41) is 10.2. The smallest absolute Gasteiger partial charge is 0.361 e. The van der Waals surface area contributed by atoms with Crippen molar-refractivity contribution in [2.24, 2.45) is 4.40 Å². The zero-order valence-corrected chi connectivity index (χ0v) is 17.6. The van der Waals surface area contributed by atoms with Crippen LogP contribution in [0.4, 0.5) is 0 Å². The molecule has 3 rings (SSSR count). The Morgan fingerprint density at radius 3 is 2.45 bits per heavy atom. The van der Waals surface area contributed by atoms with Crippen molar-refractivity contribution in [3.8, 4) is 0 Å². The molecule has 0 amide bonds. The Hall–Kier alpha value is -2.69. The fourth-order valence-corrected chi connectivity index (χ4v) is 4.71. The predicted molar refractivity (Wildman–Crippen MR) is 111 cm³/mol. The van der Waals surface area contributed by atoms with Crippen molar-refractivity contribution in [3.05, 3.63) is 60.6 Å². The maximum Gasteiger partial charge on any atom is 0.361 e. The molecule has 0 radical (unpaired) electrons. The normalized spacial score (nSPS) is 14.1. The van der Waals surface area contributed by atoms with E-state index in [1.54, 1.807) is 39.0 Å². The minimum atomic E-state index is -4.16. The van der Waals surface area contributed by atoms with E-state index < -0.39 is 37.8 Å². The zero-order chi connectivity index (χ0) is 21.4. The summed E-state index contributed by atoms with van der Waals surface area (Å²) in [6, 6.07) is 10.5. The molecule has 0 aliphatic heterocycles.